The number of nitriles is 1. The summed E-state index contributed by atoms with van der Waals surface area (Å²) in [7, 11) is 0. The smallest absolute Gasteiger partial charge is 0.475 e. The summed E-state index contributed by atoms with van der Waals surface area (Å²) >= 11 is 1.28. The van der Waals surface area contributed by atoms with Gasteiger partial charge in [-0.05, 0) is 12.1 Å². The normalized spacial score (nSPS) is 16.5. The van der Waals surface area contributed by atoms with Crippen LogP contribution in [-0.2, 0) is 9.59 Å². The average Bonchev–Trinajstić information content (AvgIpc) is 2.97. The van der Waals surface area contributed by atoms with Gasteiger partial charge in [-0.2, -0.15) is 18.4 Å². The Labute approximate surface area is 138 Å². The van der Waals surface area contributed by atoms with Gasteiger partial charge in [0.1, 0.15) is 6.04 Å². The van der Waals surface area contributed by atoms with Gasteiger partial charge in [0.05, 0.1) is 11.8 Å². The summed E-state index contributed by atoms with van der Waals surface area (Å²) in [5, 5.41) is 19.3. The summed E-state index contributed by atoms with van der Waals surface area (Å²) in [6, 6.07) is 10.8. The number of benzene rings is 1. The van der Waals surface area contributed by atoms with Gasteiger partial charge in [0, 0.05) is 5.75 Å². The summed E-state index contributed by atoms with van der Waals surface area (Å²) in [5.74, 6) is 5.50. The molecule has 0 radical (unpaired) electrons. The first-order valence-corrected chi connectivity index (χ1v) is 7.17. The van der Waals surface area contributed by atoms with E-state index < -0.39 is 18.2 Å². The zero-order valence-corrected chi connectivity index (χ0v) is 12.7. The maximum absolute atomic E-state index is 10.8. The predicted molar refractivity (Wildman–Crippen MR) is 79.7 cm³/mol. The summed E-state index contributed by atoms with van der Waals surface area (Å²) in [5.41, 5.74) is 0.711. The van der Waals surface area contributed by atoms with Crippen LogP contribution in [0.2, 0.25) is 0 Å². The number of nitrogens with two attached hydrogens (primary N) is 1. The number of alkyl halides is 3. The first-order valence-electron chi connectivity index (χ1n) is 6.19. The van der Waals surface area contributed by atoms with Gasteiger partial charge < -0.3 is 5.11 Å². The second-order valence-corrected chi connectivity index (χ2v) is 5.20. The number of hydrazine groups is 2. The minimum atomic E-state index is -5.08. The monoisotopic (exact) mass is 360 g/mol. The highest BCUT2D eigenvalue weighted by atomic mass is 32.2. The number of para-hydroxylation sites is 1. The molecule has 1 heterocycles. The molecule has 24 heavy (non-hydrogen) atoms. The number of thioether (sulfide) groups is 1. The molecule has 128 valence electrons. The van der Waals surface area contributed by atoms with Gasteiger partial charge in [0.15, 0.2) is 11.0 Å². The van der Waals surface area contributed by atoms with E-state index in [2.05, 4.69) is 6.07 Å². The van der Waals surface area contributed by atoms with Crippen molar-refractivity contribution in [2.75, 3.05) is 10.9 Å². The molecular weight excluding hydrogens is 349 g/mol. The number of halogens is 3. The third-order valence-electron chi connectivity index (χ3n) is 2.61. The van der Waals surface area contributed by atoms with E-state index in [-0.39, 0.29) is 0 Å². The maximum atomic E-state index is 10.8. The number of anilines is 1. The molecule has 0 aromatic heterocycles. The van der Waals surface area contributed by atoms with Gasteiger partial charge in [0.2, 0.25) is 0 Å². The number of aliphatic carboxylic acids is 1. The van der Waals surface area contributed by atoms with Crippen molar-refractivity contribution >= 4 is 29.4 Å². The quantitative estimate of drug-likeness (QED) is 0.464. The molecule has 1 saturated heterocycles. The van der Waals surface area contributed by atoms with Crippen molar-refractivity contribution in [3.05, 3.63) is 35.4 Å². The lowest BCUT2D eigenvalue weighted by molar-refractivity contribution is -0.192. The maximum Gasteiger partial charge on any atom is 0.490 e. The highest BCUT2D eigenvalue weighted by molar-refractivity contribution is 8.03. The summed E-state index contributed by atoms with van der Waals surface area (Å²) < 4.78 is 31.7. The molecule has 0 aliphatic carbocycles. The van der Waals surface area contributed by atoms with Crippen LogP contribution in [0.3, 0.4) is 0 Å². The molecule has 0 saturated carbocycles. The Balaban J connectivity index is 0.000000351. The number of carbonyl (C=O) groups excluding carboxylic acids is 1. The standard InChI is InChI=1S/C11H10N4OS.C2HF3O2/c12-6-10-8-17-11(7-16)14(10)15(13)9-4-2-1-3-5-9;3-2(4,5)1(6)7/h1-5,10H,8,13H2;(H,6,7). The summed E-state index contributed by atoms with van der Waals surface area (Å²) in [6.45, 7) is 0. The minimum absolute atomic E-state index is 0.336. The lowest BCUT2D eigenvalue weighted by Crippen LogP contribution is -2.49. The van der Waals surface area contributed by atoms with Crippen molar-refractivity contribution in [1.29, 1.82) is 5.26 Å². The van der Waals surface area contributed by atoms with Gasteiger partial charge in [-0.25, -0.2) is 25.6 Å². The molecular formula is C13H11F3N4O3S. The number of rotatable bonds is 2. The fourth-order valence-corrected chi connectivity index (χ4v) is 2.50. The van der Waals surface area contributed by atoms with Gasteiger partial charge in [-0.15, -0.1) is 0 Å². The largest absolute Gasteiger partial charge is 0.490 e. The summed E-state index contributed by atoms with van der Waals surface area (Å²) in [6.07, 6.45) is -5.08. The molecule has 1 aromatic rings. The van der Waals surface area contributed by atoms with E-state index in [1.807, 2.05) is 24.1 Å². The van der Waals surface area contributed by atoms with Crippen LogP contribution < -0.4 is 11.0 Å². The number of nitrogens with zero attached hydrogens (tertiary/aromatic N) is 3. The molecule has 0 spiro atoms. The lowest BCUT2D eigenvalue weighted by Gasteiger charge is -2.31. The second-order valence-electron chi connectivity index (χ2n) is 4.19. The third-order valence-corrected chi connectivity index (χ3v) is 3.64. The first kappa shape index (κ1) is 19.4. The second kappa shape index (κ2) is 8.26. The van der Waals surface area contributed by atoms with Gasteiger partial charge in [-0.1, -0.05) is 30.0 Å². The van der Waals surface area contributed by atoms with Crippen LogP contribution in [0, 0.1) is 11.3 Å². The Kier molecular flexibility index (Phi) is 6.67. The fourth-order valence-electron chi connectivity index (χ4n) is 1.56. The Morgan fingerprint density at radius 3 is 2.38 bits per heavy atom. The Morgan fingerprint density at radius 2 is 1.96 bits per heavy atom. The number of hydrogen-bond donors (Lipinski definition) is 2. The van der Waals surface area contributed by atoms with Crippen LogP contribution in [0.4, 0.5) is 18.9 Å². The van der Waals surface area contributed by atoms with Crippen molar-refractivity contribution in [2.24, 2.45) is 5.84 Å². The molecule has 1 atom stereocenters. The van der Waals surface area contributed by atoms with Crippen LogP contribution in [0.25, 0.3) is 0 Å². The molecule has 0 amide bonds. The molecule has 3 N–H and O–H groups in total. The molecule has 1 aliphatic rings. The van der Waals surface area contributed by atoms with Crippen LogP contribution >= 0.6 is 11.8 Å². The van der Waals surface area contributed by atoms with E-state index in [0.29, 0.717) is 16.5 Å². The molecule has 1 fully saturated rings. The van der Waals surface area contributed by atoms with E-state index in [0.717, 1.165) is 0 Å². The Bertz CT molecular complexity index is 671. The third kappa shape index (κ3) is 4.92. The van der Waals surface area contributed by atoms with Gasteiger partial charge in [0.25, 0.3) is 0 Å². The molecule has 2 rings (SSSR count). The van der Waals surface area contributed by atoms with Gasteiger partial charge >= 0.3 is 12.1 Å². The van der Waals surface area contributed by atoms with E-state index in [1.54, 1.807) is 12.1 Å². The zero-order valence-electron chi connectivity index (χ0n) is 11.9. The van der Waals surface area contributed by atoms with E-state index in [1.165, 1.54) is 21.9 Å². The number of carboxylic acid groups (broad SMARTS) is 1. The zero-order chi connectivity index (χ0) is 18.3. The predicted octanol–water partition coefficient (Wildman–Crippen LogP) is 1.53. The van der Waals surface area contributed by atoms with Crippen LogP contribution in [0.15, 0.2) is 35.4 Å². The van der Waals surface area contributed by atoms with E-state index >= 15 is 0 Å². The minimum Gasteiger partial charge on any atom is -0.475 e. The topological polar surface area (TPSA) is 111 Å². The number of carboxylic acids is 1. The Hall–Kier alpha value is -2.67. The molecule has 1 aliphatic heterocycles. The number of carbonyl (C=O) groups is 1. The summed E-state index contributed by atoms with van der Waals surface area (Å²) in [4.78, 5) is 19.7. The van der Waals surface area contributed by atoms with Crippen LogP contribution in [0.5, 0.6) is 0 Å². The van der Waals surface area contributed by atoms with Crippen LogP contribution in [0.1, 0.15) is 0 Å². The van der Waals surface area contributed by atoms with E-state index in [4.69, 9.17) is 21.0 Å². The molecule has 0 bridgehead atoms. The van der Waals surface area contributed by atoms with Crippen molar-refractivity contribution in [2.45, 2.75) is 12.2 Å². The number of hydrogen-bond acceptors (Lipinski definition) is 7. The van der Waals surface area contributed by atoms with Crippen molar-refractivity contribution in [3.8, 4) is 6.07 Å². The lowest BCUT2D eigenvalue weighted by atomic mass is 10.3. The molecule has 1 unspecified atom stereocenters. The SMILES string of the molecule is N#CC1CSC(=C=O)N1N(N)c1ccccc1.O=C(O)C(F)(F)F. The fraction of sp³-hybridized carbons (Fsp3) is 0.231. The molecule has 7 nitrogen and oxygen atoms in total. The van der Waals surface area contributed by atoms with Gasteiger partial charge in [-0.3, -0.25) is 0 Å². The highest BCUT2D eigenvalue weighted by Gasteiger charge is 2.38. The highest BCUT2D eigenvalue weighted by Crippen LogP contribution is 2.32. The van der Waals surface area contributed by atoms with Crippen molar-refractivity contribution in [3.63, 3.8) is 0 Å². The molecule has 1 aromatic carbocycles. The van der Waals surface area contributed by atoms with Crippen molar-refractivity contribution < 1.29 is 27.9 Å². The van der Waals surface area contributed by atoms with Crippen molar-refractivity contribution in [1.82, 2.24) is 5.01 Å². The molecule has 11 heteroatoms. The van der Waals surface area contributed by atoms with Crippen LogP contribution in [-0.4, -0.2) is 40.0 Å². The van der Waals surface area contributed by atoms with E-state index in [9.17, 15) is 18.0 Å². The Morgan fingerprint density at radius 1 is 1.42 bits per heavy atom. The first-order chi connectivity index (χ1) is 11.2. The average molecular weight is 360 g/mol.